The van der Waals surface area contributed by atoms with Gasteiger partial charge in [-0.05, 0) is 35.8 Å². The zero-order valence-electron chi connectivity index (χ0n) is 10.1. The summed E-state index contributed by atoms with van der Waals surface area (Å²) in [6, 6.07) is 10.5. The summed E-state index contributed by atoms with van der Waals surface area (Å²) in [4.78, 5) is 0. The fourth-order valence-electron chi connectivity index (χ4n) is 2.94. The maximum atomic E-state index is 9.57. The number of aliphatic hydroxyl groups excluding tert-OH is 1. The molecule has 2 rings (SSSR count). The number of aliphatic hydroxyl groups is 1. The fourth-order valence-corrected chi connectivity index (χ4v) is 2.94. The minimum atomic E-state index is -0.161. The molecule has 1 aromatic rings. The van der Waals surface area contributed by atoms with E-state index in [1.165, 1.54) is 5.56 Å². The molecule has 0 unspecified atom stereocenters. The molecular weight excluding hydrogens is 198 g/mol. The highest BCUT2D eigenvalue weighted by atomic mass is 16.3. The minimum Gasteiger partial charge on any atom is -0.393 e. The van der Waals surface area contributed by atoms with Gasteiger partial charge < -0.3 is 10.8 Å². The van der Waals surface area contributed by atoms with Crippen molar-refractivity contribution in [1.29, 1.82) is 0 Å². The van der Waals surface area contributed by atoms with Crippen LogP contribution in [0.15, 0.2) is 30.3 Å². The van der Waals surface area contributed by atoms with Crippen LogP contribution in [0, 0.1) is 5.41 Å². The summed E-state index contributed by atoms with van der Waals surface area (Å²) >= 11 is 0. The Morgan fingerprint density at radius 3 is 2.31 bits per heavy atom. The number of hydrogen-bond acceptors (Lipinski definition) is 2. The molecule has 1 saturated carbocycles. The van der Waals surface area contributed by atoms with E-state index in [0.29, 0.717) is 6.54 Å². The first-order valence-electron chi connectivity index (χ1n) is 5.95. The van der Waals surface area contributed by atoms with Gasteiger partial charge in [0.25, 0.3) is 0 Å². The molecule has 0 amide bonds. The maximum Gasteiger partial charge on any atom is 0.0552 e. The van der Waals surface area contributed by atoms with Crippen LogP contribution in [0.2, 0.25) is 0 Å². The molecule has 88 valence electrons. The van der Waals surface area contributed by atoms with Crippen molar-refractivity contribution in [2.24, 2.45) is 11.1 Å². The van der Waals surface area contributed by atoms with E-state index < -0.39 is 0 Å². The van der Waals surface area contributed by atoms with Crippen LogP contribution in [0.5, 0.6) is 0 Å². The Balaban J connectivity index is 2.31. The van der Waals surface area contributed by atoms with Crippen molar-refractivity contribution in [2.75, 3.05) is 6.54 Å². The van der Waals surface area contributed by atoms with Gasteiger partial charge in [0.15, 0.2) is 0 Å². The third-order valence-electron chi connectivity index (χ3n) is 4.46. The summed E-state index contributed by atoms with van der Waals surface area (Å²) in [5.41, 5.74) is 7.35. The Kier molecular flexibility index (Phi) is 2.81. The molecule has 1 aliphatic rings. The largest absolute Gasteiger partial charge is 0.393 e. The number of hydrogen-bond donors (Lipinski definition) is 2. The summed E-state index contributed by atoms with van der Waals surface area (Å²) in [6.45, 7) is 5.12. The molecule has 0 saturated heterocycles. The summed E-state index contributed by atoms with van der Waals surface area (Å²) in [6.07, 6.45) is 1.49. The Morgan fingerprint density at radius 1 is 1.31 bits per heavy atom. The lowest BCUT2D eigenvalue weighted by Gasteiger charge is -2.55. The Hall–Kier alpha value is -0.860. The highest BCUT2D eigenvalue weighted by Crippen LogP contribution is 2.54. The molecule has 0 aromatic heterocycles. The van der Waals surface area contributed by atoms with Crippen LogP contribution in [0.3, 0.4) is 0 Å². The molecule has 0 radical (unpaired) electrons. The standard InChI is InChI=1S/C14H21NO/c1-13(2,11-6-4-3-5-7-11)14(10-15)8-12(16)9-14/h3-7,12,16H,8-10,15H2,1-2H3. The average molecular weight is 219 g/mol. The van der Waals surface area contributed by atoms with Gasteiger partial charge in [0.1, 0.15) is 0 Å². The van der Waals surface area contributed by atoms with Crippen molar-refractivity contribution in [3.63, 3.8) is 0 Å². The van der Waals surface area contributed by atoms with Gasteiger partial charge in [-0.15, -0.1) is 0 Å². The van der Waals surface area contributed by atoms with Crippen molar-refractivity contribution < 1.29 is 5.11 Å². The predicted octanol–water partition coefficient (Wildman–Crippen LogP) is 2.06. The quantitative estimate of drug-likeness (QED) is 0.817. The molecule has 2 heteroatoms. The first-order chi connectivity index (χ1) is 7.52. The number of benzene rings is 1. The van der Waals surface area contributed by atoms with Crippen LogP contribution in [0.4, 0.5) is 0 Å². The van der Waals surface area contributed by atoms with Crippen LogP contribution in [0.1, 0.15) is 32.3 Å². The molecule has 0 bridgehead atoms. The Bertz CT molecular complexity index is 352. The fraction of sp³-hybridized carbons (Fsp3) is 0.571. The third-order valence-corrected chi connectivity index (χ3v) is 4.46. The van der Waals surface area contributed by atoms with E-state index in [4.69, 9.17) is 5.73 Å². The molecule has 0 atom stereocenters. The number of nitrogens with two attached hydrogens (primary N) is 1. The van der Waals surface area contributed by atoms with E-state index in [2.05, 4.69) is 38.1 Å². The van der Waals surface area contributed by atoms with Crippen molar-refractivity contribution >= 4 is 0 Å². The molecule has 1 fully saturated rings. The van der Waals surface area contributed by atoms with E-state index in [9.17, 15) is 5.11 Å². The smallest absolute Gasteiger partial charge is 0.0552 e. The Morgan fingerprint density at radius 2 is 1.88 bits per heavy atom. The van der Waals surface area contributed by atoms with Gasteiger partial charge in [-0.1, -0.05) is 44.2 Å². The second-order valence-electron chi connectivity index (χ2n) is 5.54. The molecule has 1 aromatic carbocycles. The molecule has 3 N–H and O–H groups in total. The van der Waals surface area contributed by atoms with E-state index in [1.54, 1.807) is 0 Å². The minimum absolute atomic E-state index is 0.0300. The summed E-state index contributed by atoms with van der Waals surface area (Å²) in [5, 5.41) is 9.57. The molecule has 0 heterocycles. The first kappa shape index (κ1) is 11.6. The molecule has 0 aliphatic heterocycles. The predicted molar refractivity (Wildman–Crippen MR) is 66.2 cm³/mol. The van der Waals surface area contributed by atoms with Crippen LogP contribution >= 0.6 is 0 Å². The van der Waals surface area contributed by atoms with Gasteiger partial charge in [0, 0.05) is 0 Å². The van der Waals surface area contributed by atoms with Gasteiger partial charge in [-0.2, -0.15) is 0 Å². The van der Waals surface area contributed by atoms with Gasteiger partial charge in [0.2, 0.25) is 0 Å². The summed E-state index contributed by atoms with van der Waals surface area (Å²) in [7, 11) is 0. The third kappa shape index (κ3) is 1.57. The maximum absolute atomic E-state index is 9.57. The van der Waals surface area contributed by atoms with E-state index in [0.717, 1.165) is 12.8 Å². The zero-order valence-corrected chi connectivity index (χ0v) is 10.1. The van der Waals surface area contributed by atoms with Crippen molar-refractivity contribution in [3.05, 3.63) is 35.9 Å². The SMILES string of the molecule is CC(C)(c1ccccc1)C1(CN)CC(O)C1. The molecule has 16 heavy (non-hydrogen) atoms. The highest BCUT2D eigenvalue weighted by Gasteiger charge is 2.53. The molecule has 0 spiro atoms. The number of rotatable bonds is 3. The van der Waals surface area contributed by atoms with E-state index in [-0.39, 0.29) is 16.9 Å². The van der Waals surface area contributed by atoms with Gasteiger partial charge in [-0.25, -0.2) is 0 Å². The normalized spacial score (nSPS) is 29.9. The molecule has 2 nitrogen and oxygen atoms in total. The van der Waals surface area contributed by atoms with Crippen molar-refractivity contribution in [2.45, 2.75) is 38.2 Å². The van der Waals surface area contributed by atoms with Crippen molar-refractivity contribution in [1.82, 2.24) is 0 Å². The van der Waals surface area contributed by atoms with E-state index >= 15 is 0 Å². The lowest BCUT2D eigenvalue weighted by atomic mass is 9.51. The molecular formula is C14H21NO. The summed E-state index contributed by atoms with van der Waals surface area (Å²) in [5.74, 6) is 0. The first-order valence-corrected chi connectivity index (χ1v) is 5.95. The topological polar surface area (TPSA) is 46.2 Å². The lowest BCUT2D eigenvalue weighted by Crippen LogP contribution is -2.57. The van der Waals surface area contributed by atoms with Crippen LogP contribution in [-0.4, -0.2) is 17.8 Å². The van der Waals surface area contributed by atoms with Gasteiger partial charge in [0.05, 0.1) is 6.10 Å². The van der Waals surface area contributed by atoms with Gasteiger partial charge in [-0.3, -0.25) is 0 Å². The monoisotopic (exact) mass is 219 g/mol. The second kappa shape index (κ2) is 3.86. The zero-order chi connectivity index (χ0) is 11.8. The summed E-state index contributed by atoms with van der Waals surface area (Å²) < 4.78 is 0. The molecule has 1 aliphatic carbocycles. The van der Waals surface area contributed by atoms with Crippen LogP contribution < -0.4 is 5.73 Å². The van der Waals surface area contributed by atoms with Crippen LogP contribution in [0.25, 0.3) is 0 Å². The van der Waals surface area contributed by atoms with Crippen molar-refractivity contribution in [3.8, 4) is 0 Å². The highest BCUT2D eigenvalue weighted by molar-refractivity contribution is 5.29. The van der Waals surface area contributed by atoms with Gasteiger partial charge >= 0.3 is 0 Å². The Labute approximate surface area is 97.5 Å². The lowest BCUT2D eigenvalue weighted by molar-refractivity contribution is -0.0694. The van der Waals surface area contributed by atoms with E-state index in [1.807, 2.05) is 6.07 Å². The second-order valence-corrected chi connectivity index (χ2v) is 5.54. The average Bonchev–Trinajstić information content (AvgIpc) is 2.25. The van der Waals surface area contributed by atoms with Crippen LogP contribution in [-0.2, 0) is 5.41 Å².